The minimum atomic E-state index is -0.466. The number of hydrogen-bond donors (Lipinski definition) is 0. The van der Waals surface area contributed by atoms with Gasteiger partial charge < -0.3 is 14.5 Å². The van der Waals surface area contributed by atoms with Gasteiger partial charge in [-0.1, -0.05) is 23.2 Å². The summed E-state index contributed by atoms with van der Waals surface area (Å²) in [7, 11) is 2.09. The van der Waals surface area contributed by atoms with Crippen molar-refractivity contribution in [2.45, 2.75) is 18.6 Å². The summed E-state index contributed by atoms with van der Waals surface area (Å²) in [5.74, 6) is -0.0706. The number of nitrogens with zero attached hydrogens (tertiary/aromatic N) is 2. The molecule has 2 saturated heterocycles. The van der Waals surface area contributed by atoms with Gasteiger partial charge in [0.2, 0.25) is 0 Å². The van der Waals surface area contributed by atoms with Gasteiger partial charge in [-0.25, -0.2) is 0 Å². The fourth-order valence-electron chi connectivity index (χ4n) is 3.09. The number of ether oxygens (including phenoxy) is 1. The first-order chi connectivity index (χ1) is 10.0. The third-order valence-electron chi connectivity index (χ3n) is 4.35. The molecule has 1 spiro atoms. The van der Waals surface area contributed by atoms with E-state index in [0.29, 0.717) is 28.8 Å². The molecule has 0 bridgehead atoms. The van der Waals surface area contributed by atoms with Crippen LogP contribution in [0.3, 0.4) is 0 Å². The fourth-order valence-corrected chi connectivity index (χ4v) is 3.58. The minimum absolute atomic E-state index is 0.0706. The van der Waals surface area contributed by atoms with Crippen LogP contribution in [0, 0.1) is 0 Å². The number of hydrogen-bond acceptors (Lipinski definition) is 3. The summed E-state index contributed by atoms with van der Waals surface area (Å²) in [5, 5.41) is 0.922. The molecule has 0 radical (unpaired) electrons. The Bertz CT molecular complexity index is 557. The molecule has 0 unspecified atom stereocenters. The number of amides is 1. The molecule has 0 atom stereocenters. The molecule has 2 heterocycles. The van der Waals surface area contributed by atoms with Crippen molar-refractivity contribution in [3.05, 3.63) is 33.8 Å². The predicted octanol–water partition coefficient (Wildman–Crippen LogP) is 2.89. The van der Waals surface area contributed by atoms with Crippen LogP contribution in [0.15, 0.2) is 18.2 Å². The highest BCUT2D eigenvalue weighted by molar-refractivity contribution is 6.36. The Morgan fingerprint density at radius 2 is 1.95 bits per heavy atom. The standard InChI is InChI=1S/C15H18Cl2N2O2/c1-18-6-4-15(5-7-18)19(8-9-21-15)14(20)12-3-2-11(16)10-13(12)17/h2-3,10H,4-9H2,1H3. The maximum atomic E-state index is 12.8. The van der Waals surface area contributed by atoms with Crippen molar-refractivity contribution < 1.29 is 9.53 Å². The Labute approximate surface area is 134 Å². The Hall–Kier alpha value is -0.810. The van der Waals surface area contributed by atoms with E-state index in [1.807, 2.05) is 4.90 Å². The maximum absolute atomic E-state index is 12.8. The van der Waals surface area contributed by atoms with Crippen molar-refractivity contribution in [1.82, 2.24) is 9.80 Å². The molecule has 0 saturated carbocycles. The number of carbonyl (C=O) groups excluding carboxylic acids is 1. The van der Waals surface area contributed by atoms with E-state index in [0.717, 1.165) is 25.9 Å². The molecule has 2 aliphatic heterocycles. The van der Waals surface area contributed by atoms with Gasteiger partial charge in [-0.05, 0) is 25.2 Å². The lowest BCUT2D eigenvalue weighted by Gasteiger charge is -2.42. The molecular weight excluding hydrogens is 311 g/mol. The van der Waals surface area contributed by atoms with Crippen LogP contribution in [0.1, 0.15) is 23.2 Å². The number of likely N-dealkylation sites (tertiary alicyclic amines) is 1. The van der Waals surface area contributed by atoms with Gasteiger partial charge in [0.25, 0.3) is 5.91 Å². The minimum Gasteiger partial charge on any atom is -0.354 e. The fraction of sp³-hybridized carbons (Fsp3) is 0.533. The Morgan fingerprint density at radius 1 is 1.24 bits per heavy atom. The van der Waals surface area contributed by atoms with Crippen molar-refractivity contribution in [2.24, 2.45) is 0 Å². The number of carbonyl (C=O) groups is 1. The summed E-state index contributed by atoms with van der Waals surface area (Å²) in [6, 6.07) is 4.99. The van der Waals surface area contributed by atoms with Crippen LogP contribution < -0.4 is 0 Å². The zero-order valence-corrected chi connectivity index (χ0v) is 13.5. The second-order valence-corrected chi connectivity index (χ2v) is 6.52. The van der Waals surface area contributed by atoms with Gasteiger partial charge in [0.05, 0.1) is 17.2 Å². The van der Waals surface area contributed by atoms with Gasteiger partial charge >= 0.3 is 0 Å². The molecule has 114 valence electrons. The van der Waals surface area contributed by atoms with Gasteiger partial charge in [-0.15, -0.1) is 0 Å². The third kappa shape index (κ3) is 2.78. The van der Waals surface area contributed by atoms with Crippen molar-refractivity contribution in [3.8, 4) is 0 Å². The number of rotatable bonds is 1. The van der Waals surface area contributed by atoms with Crippen LogP contribution in [0.4, 0.5) is 0 Å². The summed E-state index contributed by atoms with van der Waals surface area (Å²) in [5.41, 5.74) is 0.0249. The highest BCUT2D eigenvalue weighted by Crippen LogP contribution is 2.36. The van der Waals surface area contributed by atoms with Gasteiger partial charge in [-0.2, -0.15) is 0 Å². The van der Waals surface area contributed by atoms with E-state index in [4.69, 9.17) is 27.9 Å². The summed E-state index contributed by atoms with van der Waals surface area (Å²) < 4.78 is 5.96. The highest BCUT2D eigenvalue weighted by atomic mass is 35.5. The lowest BCUT2D eigenvalue weighted by atomic mass is 9.98. The van der Waals surface area contributed by atoms with Crippen molar-refractivity contribution in [1.29, 1.82) is 0 Å². The molecule has 4 nitrogen and oxygen atoms in total. The molecule has 0 N–H and O–H groups in total. The van der Waals surface area contributed by atoms with E-state index in [9.17, 15) is 4.79 Å². The highest BCUT2D eigenvalue weighted by Gasteiger charge is 2.46. The molecule has 0 aromatic heterocycles. The summed E-state index contributed by atoms with van der Waals surface area (Å²) >= 11 is 12.1. The first-order valence-corrected chi connectivity index (χ1v) is 7.87. The Balaban J connectivity index is 1.86. The smallest absolute Gasteiger partial charge is 0.257 e. The lowest BCUT2D eigenvalue weighted by molar-refractivity contribution is -0.102. The quantitative estimate of drug-likeness (QED) is 0.794. The Kier molecular flexibility index (Phi) is 4.14. The largest absolute Gasteiger partial charge is 0.354 e. The summed E-state index contributed by atoms with van der Waals surface area (Å²) in [6.07, 6.45) is 1.67. The van der Waals surface area contributed by atoms with E-state index < -0.39 is 5.72 Å². The molecule has 1 aromatic rings. The molecule has 21 heavy (non-hydrogen) atoms. The number of halogens is 2. The van der Waals surface area contributed by atoms with Crippen LogP contribution in [-0.4, -0.2) is 54.7 Å². The van der Waals surface area contributed by atoms with Crippen molar-refractivity contribution in [3.63, 3.8) is 0 Å². The van der Waals surface area contributed by atoms with Crippen LogP contribution in [0.2, 0.25) is 10.0 Å². The molecule has 1 amide bonds. The van der Waals surface area contributed by atoms with Crippen LogP contribution in [0.5, 0.6) is 0 Å². The monoisotopic (exact) mass is 328 g/mol. The number of benzene rings is 1. The van der Waals surface area contributed by atoms with E-state index >= 15 is 0 Å². The molecular formula is C15H18Cl2N2O2. The summed E-state index contributed by atoms with van der Waals surface area (Å²) in [6.45, 7) is 3.05. The van der Waals surface area contributed by atoms with Gasteiger partial charge in [-0.3, -0.25) is 4.79 Å². The zero-order chi connectivity index (χ0) is 15.0. The molecule has 2 fully saturated rings. The normalized spacial score (nSPS) is 22.0. The van der Waals surface area contributed by atoms with Crippen LogP contribution in [0.25, 0.3) is 0 Å². The van der Waals surface area contributed by atoms with Crippen LogP contribution in [-0.2, 0) is 4.74 Å². The number of piperidine rings is 1. The van der Waals surface area contributed by atoms with Crippen molar-refractivity contribution in [2.75, 3.05) is 33.3 Å². The summed E-state index contributed by atoms with van der Waals surface area (Å²) in [4.78, 5) is 16.9. The average Bonchev–Trinajstić information content (AvgIpc) is 2.85. The molecule has 6 heteroatoms. The average molecular weight is 329 g/mol. The molecule has 0 aliphatic carbocycles. The van der Waals surface area contributed by atoms with E-state index in [1.54, 1.807) is 18.2 Å². The molecule has 2 aliphatic rings. The van der Waals surface area contributed by atoms with E-state index in [2.05, 4.69) is 11.9 Å². The zero-order valence-electron chi connectivity index (χ0n) is 11.9. The van der Waals surface area contributed by atoms with Gasteiger partial charge in [0, 0.05) is 37.5 Å². The van der Waals surface area contributed by atoms with Crippen LogP contribution >= 0.6 is 23.2 Å². The van der Waals surface area contributed by atoms with Gasteiger partial charge in [0.1, 0.15) is 5.72 Å². The second kappa shape index (κ2) is 5.76. The molecule has 3 rings (SSSR count). The maximum Gasteiger partial charge on any atom is 0.257 e. The first-order valence-electron chi connectivity index (χ1n) is 7.11. The lowest BCUT2D eigenvalue weighted by Crippen LogP contribution is -2.54. The third-order valence-corrected chi connectivity index (χ3v) is 4.90. The second-order valence-electron chi connectivity index (χ2n) is 5.68. The molecule has 1 aromatic carbocycles. The predicted molar refractivity (Wildman–Crippen MR) is 82.9 cm³/mol. The topological polar surface area (TPSA) is 32.8 Å². The Morgan fingerprint density at radius 3 is 2.62 bits per heavy atom. The SMILES string of the molecule is CN1CCC2(CC1)OCCN2C(=O)c1ccc(Cl)cc1Cl. The van der Waals surface area contributed by atoms with E-state index in [-0.39, 0.29) is 5.91 Å². The van der Waals surface area contributed by atoms with E-state index in [1.165, 1.54) is 0 Å². The first kappa shape index (κ1) is 15.1. The van der Waals surface area contributed by atoms with Gasteiger partial charge in [0.15, 0.2) is 0 Å². The van der Waals surface area contributed by atoms with Crippen molar-refractivity contribution >= 4 is 29.1 Å².